The number of hydrogen-bond donors (Lipinski definition) is 2. The molecule has 1 atom stereocenters. The Morgan fingerprint density at radius 3 is 2.90 bits per heavy atom. The maximum atomic E-state index is 13.6. The van der Waals surface area contributed by atoms with Crippen LogP contribution in [0.4, 0.5) is 8.78 Å². The fourth-order valence-electron chi connectivity index (χ4n) is 2.58. The molecule has 6 heteroatoms. The number of aliphatic hydroxyl groups excluding tert-OH is 1. The van der Waals surface area contributed by atoms with Crippen molar-refractivity contribution in [2.24, 2.45) is 0 Å². The Balaban J connectivity index is 2.01. The van der Waals surface area contributed by atoms with Crippen LogP contribution in [0.5, 0.6) is 0 Å². The van der Waals surface area contributed by atoms with Gasteiger partial charge in [0.25, 0.3) is 0 Å². The summed E-state index contributed by atoms with van der Waals surface area (Å²) in [5.41, 5.74) is 0.0438. The minimum Gasteiger partial charge on any atom is -0.395 e. The van der Waals surface area contributed by atoms with Gasteiger partial charge in [0.1, 0.15) is 0 Å². The summed E-state index contributed by atoms with van der Waals surface area (Å²) in [7, 11) is 0. The van der Waals surface area contributed by atoms with Crippen molar-refractivity contribution in [1.29, 1.82) is 0 Å². The molecule has 4 nitrogen and oxygen atoms in total. The van der Waals surface area contributed by atoms with Crippen LogP contribution in [0.3, 0.4) is 0 Å². The van der Waals surface area contributed by atoms with Gasteiger partial charge in [0.15, 0.2) is 11.6 Å². The molecule has 0 saturated carbocycles. The Hall–Kier alpha value is -1.53. The second-order valence-electron chi connectivity index (χ2n) is 5.25. The van der Waals surface area contributed by atoms with Gasteiger partial charge in [-0.1, -0.05) is 12.1 Å². The molecule has 0 radical (unpaired) electrons. The molecule has 1 aromatic rings. The van der Waals surface area contributed by atoms with Gasteiger partial charge in [-0.05, 0) is 25.5 Å². The zero-order valence-corrected chi connectivity index (χ0v) is 11.8. The molecule has 1 aliphatic heterocycles. The van der Waals surface area contributed by atoms with Crippen molar-refractivity contribution in [3.63, 3.8) is 0 Å². The Morgan fingerprint density at radius 2 is 2.24 bits per heavy atom. The van der Waals surface area contributed by atoms with E-state index < -0.39 is 11.6 Å². The van der Waals surface area contributed by atoms with Gasteiger partial charge in [0.2, 0.25) is 5.91 Å². The highest BCUT2D eigenvalue weighted by Crippen LogP contribution is 2.14. The number of hydrogen-bond acceptors (Lipinski definition) is 3. The molecule has 0 bridgehead atoms. The third-order valence-electron chi connectivity index (χ3n) is 3.70. The maximum Gasteiger partial charge on any atom is 0.227 e. The molecule has 1 aromatic carbocycles. The topological polar surface area (TPSA) is 52.6 Å². The normalized spacial score (nSPS) is 18.0. The number of nitrogens with one attached hydrogen (secondary N) is 1. The van der Waals surface area contributed by atoms with Crippen molar-refractivity contribution in [3.8, 4) is 0 Å². The average molecular weight is 298 g/mol. The molecule has 1 heterocycles. The van der Waals surface area contributed by atoms with Crippen LogP contribution < -0.4 is 5.32 Å². The van der Waals surface area contributed by atoms with Crippen molar-refractivity contribution in [1.82, 2.24) is 10.2 Å². The van der Waals surface area contributed by atoms with Crippen molar-refractivity contribution >= 4 is 5.91 Å². The highest BCUT2D eigenvalue weighted by atomic mass is 19.2. The number of aliphatic hydroxyl groups is 1. The monoisotopic (exact) mass is 298 g/mol. The van der Waals surface area contributed by atoms with E-state index in [1.54, 1.807) is 0 Å². The first-order valence-electron chi connectivity index (χ1n) is 7.16. The lowest BCUT2D eigenvalue weighted by molar-refractivity contribution is -0.131. The summed E-state index contributed by atoms with van der Waals surface area (Å²) >= 11 is 0. The molecule has 2 N–H and O–H groups in total. The van der Waals surface area contributed by atoms with Crippen molar-refractivity contribution in [3.05, 3.63) is 35.4 Å². The Kier molecular flexibility index (Phi) is 5.64. The fourth-order valence-corrected chi connectivity index (χ4v) is 2.58. The molecule has 1 amide bonds. The lowest BCUT2D eigenvalue weighted by atomic mass is 10.1. The molecular weight excluding hydrogens is 278 g/mol. The molecule has 0 spiro atoms. The van der Waals surface area contributed by atoms with Gasteiger partial charge in [-0.3, -0.25) is 4.79 Å². The van der Waals surface area contributed by atoms with E-state index in [9.17, 15) is 13.6 Å². The SMILES string of the molecule is O=C(Cc1cccc(F)c1F)N(CCO)CC1CCCN1. The van der Waals surface area contributed by atoms with E-state index >= 15 is 0 Å². The summed E-state index contributed by atoms with van der Waals surface area (Å²) in [6.07, 6.45) is 1.84. The van der Waals surface area contributed by atoms with Crippen LogP contribution >= 0.6 is 0 Å². The lowest BCUT2D eigenvalue weighted by Crippen LogP contribution is -2.43. The van der Waals surface area contributed by atoms with Crippen molar-refractivity contribution in [2.75, 3.05) is 26.2 Å². The molecule has 21 heavy (non-hydrogen) atoms. The van der Waals surface area contributed by atoms with Crippen molar-refractivity contribution in [2.45, 2.75) is 25.3 Å². The Morgan fingerprint density at radius 1 is 1.43 bits per heavy atom. The van der Waals surface area contributed by atoms with Crippen LogP contribution in [0.25, 0.3) is 0 Å². The smallest absolute Gasteiger partial charge is 0.227 e. The second kappa shape index (κ2) is 7.47. The van der Waals surface area contributed by atoms with Gasteiger partial charge in [0.05, 0.1) is 13.0 Å². The van der Waals surface area contributed by atoms with Gasteiger partial charge < -0.3 is 15.3 Å². The minimum absolute atomic E-state index is 0.0438. The van der Waals surface area contributed by atoms with Crippen LogP contribution in [0.2, 0.25) is 0 Å². The third kappa shape index (κ3) is 4.22. The lowest BCUT2D eigenvalue weighted by Gasteiger charge is -2.25. The van der Waals surface area contributed by atoms with E-state index in [2.05, 4.69) is 5.32 Å². The largest absolute Gasteiger partial charge is 0.395 e. The predicted molar refractivity (Wildman–Crippen MR) is 74.8 cm³/mol. The number of rotatable bonds is 6. The molecule has 1 aliphatic rings. The number of halogens is 2. The number of benzene rings is 1. The highest BCUT2D eigenvalue weighted by molar-refractivity contribution is 5.78. The van der Waals surface area contributed by atoms with Gasteiger partial charge >= 0.3 is 0 Å². The summed E-state index contributed by atoms with van der Waals surface area (Å²) in [4.78, 5) is 13.8. The molecule has 116 valence electrons. The molecular formula is C15H20F2N2O2. The Bertz CT molecular complexity index is 491. The summed E-state index contributed by atoms with van der Waals surface area (Å²) in [5.74, 6) is -2.23. The molecule has 1 fully saturated rings. The van der Waals surface area contributed by atoms with E-state index in [0.29, 0.717) is 6.54 Å². The second-order valence-corrected chi connectivity index (χ2v) is 5.25. The van der Waals surface area contributed by atoms with E-state index in [0.717, 1.165) is 25.5 Å². The first kappa shape index (κ1) is 15.9. The number of carbonyl (C=O) groups excluding carboxylic acids is 1. The van der Waals surface area contributed by atoms with Crippen LogP contribution in [0.15, 0.2) is 18.2 Å². The first-order valence-corrected chi connectivity index (χ1v) is 7.16. The van der Waals surface area contributed by atoms with Crippen LogP contribution in [-0.2, 0) is 11.2 Å². The van der Waals surface area contributed by atoms with Gasteiger partial charge in [-0.2, -0.15) is 0 Å². The molecule has 2 rings (SSSR count). The molecule has 1 unspecified atom stereocenters. The summed E-state index contributed by atoms with van der Waals surface area (Å²) < 4.78 is 26.8. The molecule has 1 saturated heterocycles. The molecule has 0 aliphatic carbocycles. The quantitative estimate of drug-likeness (QED) is 0.826. The van der Waals surface area contributed by atoms with E-state index in [4.69, 9.17) is 5.11 Å². The number of amides is 1. The standard InChI is InChI=1S/C15H20F2N2O2/c16-13-5-1-3-11(15(13)17)9-14(21)19(7-8-20)10-12-4-2-6-18-12/h1,3,5,12,18,20H,2,4,6-10H2. The number of carbonyl (C=O) groups is 1. The summed E-state index contributed by atoms with van der Waals surface area (Å²) in [6, 6.07) is 4.02. The Labute approximate surface area is 122 Å². The average Bonchev–Trinajstić information content (AvgIpc) is 2.96. The zero-order chi connectivity index (χ0) is 15.2. The molecule has 0 aromatic heterocycles. The van der Waals surface area contributed by atoms with Gasteiger partial charge in [-0.15, -0.1) is 0 Å². The fraction of sp³-hybridized carbons (Fsp3) is 0.533. The van der Waals surface area contributed by atoms with E-state index in [1.165, 1.54) is 17.0 Å². The summed E-state index contributed by atoms with van der Waals surface area (Å²) in [5, 5.41) is 12.4. The number of nitrogens with zero attached hydrogens (tertiary/aromatic N) is 1. The first-order chi connectivity index (χ1) is 10.1. The predicted octanol–water partition coefficient (Wildman–Crippen LogP) is 1.08. The van der Waals surface area contributed by atoms with Crippen molar-refractivity contribution < 1.29 is 18.7 Å². The van der Waals surface area contributed by atoms with E-state index in [-0.39, 0.29) is 37.1 Å². The van der Waals surface area contributed by atoms with Crippen LogP contribution in [0, 0.1) is 11.6 Å². The highest BCUT2D eigenvalue weighted by Gasteiger charge is 2.22. The van der Waals surface area contributed by atoms with Crippen LogP contribution in [0.1, 0.15) is 18.4 Å². The van der Waals surface area contributed by atoms with Gasteiger partial charge in [-0.25, -0.2) is 8.78 Å². The zero-order valence-electron chi connectivity index (χ0n) is 11.8. The summed E-state index contributed by atoms with van der Waals surface area (Å²) in [6.45, 7) is 1.46. The van der Waals surface area contributed by atoms with E-state index in [1.807, 2.05) is 0 Å². The maximum absolute atomic E-state index is 13.6. The third-order valence-corrected chi connectivity index (χ3v) is 3.70. The van der Waals surface area contributed by atoms with Crippen LogP contribution in [-0.4, -0.2) is 48.2 Å². The van der Waals surface area contributed by atoms with Gasteiger partial charge in [0, 0.05) is 24.7 Å². The minimum atomic E-state index is -0.978.